The summed E-state index contributed by atoms with van der Waals surface area (Å²) < 4.78 is 0. The van der Waals surface area contributed by atoms with Gasteiger partial charge in [0.25, 0.3) is 0 Å². The Morgan fingerprint density at radius 1 is 1.45 bits per heavy atom. The molecule has 6 nitrogen and oxygen atoms in total. The van der Waals surface area contributed by atoms with E-state index in [1.165, 1.54) is 4.90 Å². The molecule has 20 heavy (non-hydrogen) atoms. The van der Waals surface area contributed by atoms with Crippen molar-refractivity contribution in [3.05, 3.63) is 0 Å². The highest BCUT2D eigenvalue weighted by atomic mass is 16.4. The summed E-state index contributed by atoms with van der Waals surface area (Å²) in [5, 5.41) is 22.0. The summed E-state index contributed by atoms with van der Waals surface area (Å²) in [5.41, 5.74) is 0. The van der Waals surface area contributed by atoms with Gasteiger partial charge in [0.2, 0.25) is 5.91 Å². The number of carbonyl (C=O) groups excluding carboxylic acids is 1. The van der Waals surface area contributed by atoms with Gasteiger partial charge in [-0.2, -0.15) is 0 Å². The second-order valence-electron chi connectivity index (χ2n) is 6.08. The number of amides is 1. The molecule has 0 bridgehead atoms. The van der Waals surface area contributed by atoms with Gasteiger partial charge in [0.15, 0.2) is 0 Å². The molecular weight excluding hydrogens is 260 g/mol. The van der Waals surface area contributed by atoms with Crippen LogP contribution in [0.1, 0.15) is 32.6 Å². The molecule has 114 valence electrons. The zero-order chi connectivity index (χ0) is 14.7. The Labute approximate surface area is 119 Å². The van der Waals surface area contributed by atoms with E-state index >= 15 is 0 Å². The monoisotopic (exact) mass is 284 g/mol. The molecule has 3 N–H and O–H groups in total. The van der Waals surface area contributed by atoms with Crippen molar-refractivity contribution in [3.63, 3.8) is 0 Å². The Morgan fingerprint density at radius 3 is 2.80 bits per heavy atom. The van der Waals surface area contributed by atoms with Gasteiger partial charge in [-0.05, 0) is 37.8 Å². The smallest absolute Gasteiger partial charge is 0.326 e. The molecule has 4 atom stereocenters. The Kier molecular flexibility index (Phi) is 4.99. The Balaban J connectivity index is 1.91. The molecule has 1 amide bonds. The third kappa shape index (κ3) is 3.49. The number of aliphatic hydroxyl groups is 1. The summed E-state index contributed by atoms with van der Waals surface area (Å²) in [7, 11) is 0. The van der Waals surface area contributed by atoms with Gasteiger partial charge < -0.3 is 20.4 Å². The molecule has 6 heteroatoms. The molecule has 0 spiro atoms. The van der Waals surface area contributed by atoms with Crippen molar-refractivity contribution < 1.29 is 19.8 Å². The van der Waals surface area contributed by atoms with Gasteiger partial charge in [-0.15, -0.1) is 0 Å². The number of aliphatic carboxylic acids is 1. The van der Waals surface area contributed by atoms with Crippen LogP contribution in [0.25, 0.3) is 0 Å². The lowest BCUT2D eigenvalue weighted by Gasteiger charge is -2.30. The second-order valence-corrected chi connectivity index (χ2v) is 6.08. The number of carbonyl (C=O) groups is 2. The van der Waals surface area contributed by atoms with Crippen molar-refractivity contribution in [3.8, 4) is 0 Å². The molecule has 0 radical (unpaired) electrons. The predicted octanol–water partition coefficient (Wildman–Crippen LogP) is 0.0586. The Bertz CT molecular complexity index is 368. The molecule has 2 aliphatic heterocycles. The molecule has 0 aliphatic carbocycles. The number of likely N-dealkylation sites (tertiary alicyclic amines) is 1. The fourth-order valence-electron chi connectivity index (χ4n) is 3.25. The van der Waals surface area contributed by atoms with E-state index in [-0.39, 0.29) is 24.8 Å². The molecule has 0 saturated carbocycles. The van der Waals surface area contributed by atoms with Crippen molar-refractivity contribution in [2.24, 2.45) is 11.8 Å². The van der Waals surface area contributed by atoms with E-state index in [1.54, 1.807) is 0 Å². The average Bonchev–Trinajstić information content (AvgIpc) is 2.82. The van der Waals surface area contributed by atoms with Crippen molar-refractivity contribution in [1.82, 2.24) is 10.2 Å². The summed E-state index contributed by atoms with van der Waals surface area (Å²) in [6, 6.07) is -0.866. The van der Waals surface area contributed by atoms with E-state index in [9.17, 15) is 14.7 Å². The van der Waals surface area contributed by atoms with Crippen LogP contribution in [0.4, 0.5) is 0 Å². The van der Waals surface area contributed by atoms with Crippen LogP contribution in [0.5, 0.6) is 0 Å². The maximum atomic E-state index is 12.3. The normalized spacial score (nSPS) is 32.1. The maximum absolute atomic E-state index is 12.3. The summed E-state index contributed by atoms with van der Waals surface area (Å²) in [6.07, 6.45) is 2.03. The first-order valence-electron chi connectivity index (χ1n) is 7.40. The summed E-state index contributed by atoms with van der Waals surface area (Å²) in [6.45, 7) is 4.17. The summed E-state index contributed by atoms with van der Waals surface area (Å²) >= 11 is 0. The number of nitrogens with one attached hydrogen (secondary N) is 1. The lowest BCUT2D eigenvalue weighted by Crippen LogP contribution is -2.42. The molecule has 2 saturated heterocycles. The Hall–Kier alpha value is -1.14. The number of piperidine rings is 1. The predicted molar refractivity (Wildman–Crippen MR) is 73.1 cm³/mol. The van der Waals surface area contributed by atoms with Crippen LogP contribution in [0.15, 0.2) is 0 Å². The number of hydrogen-bond donors (Lipinski definition) is 3. The first-order chi connectivity index (χ1) is 9.49. The highest BCUT2D eigenvalue weighted by Gasteiger charge is 2.39. The van der Waals surface area contributed by atoms with Crippen LogP contribution >= 0.6 is 0 Å². The summed E-state index contributed by atoms with van der Waals surface area (Å²) in [4.78, 5) is 24.8. The minimum absolute atomic E-state index is 0.139. The SMILES string of the molecule is CC(CC(=O)N1CC(O)C[C@H]1C(=O)O)C1CCCNC1. The molecule has 2 aliphatic rings. The Morgan fingerprint density at radius 2 is 2.20 bits per heavy atom. The van der Waals surface area contributed by atoms with Crippen LogP contribution in [-0.4, -0.2) is 58.8 Å². The fourth-order valence-corrected chi connectivity index (χ4v) is 3.25. The van der Waals surface area contributed by atoms with Crippen LogP contribution < -0.4 is 5.32 Å². The van der Waals surface area contributed by atoms with E-state index < -0.39 is 18.1 Å². The van der Waals surface area contributed by atoms with E-state index in [2.05, 4.69) is 12.2 Å². The highest BCUT2D eigenvalue weighted by Crippen LogP contribution is 2.26. The van der Waals surface area contributed by atoms with Crippen LogP contribution in [0.2, 0.25) is 0 Å². The zero-order valence-corrected chi connectivity index (χ0v) is 11.9. The number of carboxylic acid groups (broad SMARTS) is 1. The largest absolute Gasteiger partial charge is 0.480 e. The van der Waals surface area contributed by atoms with Gasteiger partial charge in [0.05, 0.1) is 6.10 Å². The number of carboxylic acids is 1. The first kappa shape index (κ1) is 15.3. The van der Waals surface area contributed by atoms with Crippen molar-refractivity contribution in [2.45, 2.75) is 44.8 Å². The second kappa shape index (κ2) is 6.54. The number of aliphatic hydroxyl groups excluding tert-OH is 1. The van der Waals surface area contributed by atoms with Gasteiger partial charge in [-0.3, -0.25) is 4.79 Å². The lowest BCUT2D eigenvalue weighted by atomic mass is 9.85. The minimum atomic E-state index is -1.03. The topological polar surface area (TPSA) is 89.9 Å². The molecule has 0 aromatic rings. The van der Waals surface area contributed by atoms with Crippen LogP contribution in [0.3, 0.4) is 0 Å². The molecule has 2 rings (SSSR count). The maximum Gasteiger partial charge on any atom is 0.326 e. The molecule has 2 heterocycles. The number of β-amino-alcohol motifs (C(OH)–C–C–N with tert-alkyl or cyclic N) is 1. The number of rotatable bonds is 4. The van der Waals surface area contributed by atoms with Gasteiger partial charge in [0, 0.05) is 19.4 Å². The third-order valence-electron chi connectivity index (χ3n) is 4.52. The van der Waals surface area contributed by atoms with Crippen molar-refractivity contribution >= 4 is 11.9 Å². The standard InChI is InChI=1S/C14H24N2O4/c1-9(10-3-2-4-15-7-10)5-13(18)16-8-11(17)6-12(16)14(19)20/h9-12,15,17H,2-8H2,1H3,(H,19,20)/t9?,10?,11?,12-/m0/s1. The first-order valence-corrected chi connectivity index (χ1v) is 7.40. The van der Waals surface area contributed by atoms with E-state index in [0.717, 1.165) is 25.9 Å². The van der Waals surface area contributed by atoms with Gasteiger partial charge in [-0.25, -0.2) is 4.79 Å². The van der Waals surface area contributed by atoms with Crippen LogP contribution in [0, 0.1) is 11.8 Å². The van der Waals surface area contributed by atoms with Crippen molar-refractivity contribution in [2.75, 3.05) is 19.6 Å². The van der Waals surface area contributed by atoms with Gasteiger partial charge in [-0.1, -0.05) is 6.92 Å². The molecule has 0 aromatic carbocycles. The fraction of sp³-hybridized carbons (Fsp3) is 0.857. The van der Waals surface area contributed by atoms with Crippen LogP contribution in [-0.2, 0) is 9.59 Å². The third-order valence-corrected chi connectivity index (χ3v) is 4.52. The quantitative estimate of drug-likeness (QED) is 0.679. The minimum Gasteiger partial charge on any atom is -0.480 e. The highest BCUT2D eigenvalue weighted by molar-refractivity contribution is 5.84. The number of nitrogens with zero attached hydrogens (tertiary/aromatic N) is 1. The van der Waals surface area contributed by atoms with Gasteiger partial charge >= 0.3 is 5.97 Å². The number of hydrogen-bond acceptors (Lipinski definition) is 4. The zero-order valence-electron chi connectivity index (χ0n) is 11.9. The van der Waals surface area contributed by atoms with Gasteiger partial charge in [0.1, 0.15) is 6.04 Å². The lowest BCUT2D eigenvalue weighted by molar-refractivity contribution is -0.148. The van der Waals surface area contributed by atoms with E-state index in [0.29, 0.717) is 12.3 Å². The average molecular weight is 284 g/mol. The molecule has 0 aromatic heterocycles. The van der Waals surface area contributed by atoms with E-state index in [4.69, 9.17) is 5.11 Å². The molecular formula is C14H24N2O4. The van der Waals surface area contributed by atoms with Crippen molar-refractivity contribution in [1.29, 1.82) is 0 Å². The molecule has 3 unspecified atom stereocenters. The summed E-state index contributed by atoms with van der Waals surface area (Å²) in [5.74, 6) is -0.458. The molecule has 2 fully saturated rings. The van der Waals surface area contributed by atoms with E-state index in [1.807, 2.05) is 0 Å².